The second-order valence-corrected chi connectivity index (χ2v) is 1.75. The Morgan fingerprint density at radius 2 is 2.70 bits per heavy atom. The molecule has 4 heteroatoms. The lowest BCUT2D eigenvalue weighted by Crippen LogP contribution is -2.18. The predicted octanol–water partition coefficient (Wildman–Crippen LogP) is 0.0324. The van der Waals surface area contributed by atoms with Crippen molar-refractivity contribution in [3.63, 3.8) is 0 Å². The monoisotopic (exact) mass is 140 g/mol. The Kier molecular flexibility index (Phi) is 2.15. The quantitative estimate of drug-likeness (QED) is 0.508. The zero-order chi connectivity index (χ0) is 7.40. The van der Waals surface area contributed by atoms with Gasteiger partial charge in [0.25, 0.3) is 0 Å². The third-order valence-electron chi connectivity index (χ3n) is 1.05. The topological polar surface area (TPSA) is 51.0 Å². The number of aliphatic imine (C=N–C) groups is 2. The van der Waals surface area contributed by atoms with Crippen LogP contribution in [0.2, 0.25) is 0 Å². The van der Waals surface area contributed by atoms with E-state index < -0.39 is 0 Å². The van der Waals surface area contributed by atoms with Gasteiger partial charge in [0, 0.05) is 0 Å². The van der Waals surface area contributed by atoms with E-state index in [1.165, 1.54) is 6.34 Å². The number of rotatable bonds is 2. The molecule has 4 nitrogen and oxygen atoms in total. The molecule has 0 saturated heterocycles. The van der Waals surface area contributed by atoms with E-state index in [0.29, 0.717) is 18.9 Å². The maximum Gasteiger partial charge on any atom is 0.354 e. The van der Waals surface area contributed by atoms with Crippen LogP contribution in [0.1, 0.15) is 6.92 Å². The van der Waals surface area contributed by atoms with Crippen LogP contribution in [0, 0.1) is 0 Å². The van der Waals surface area contributed by atoms with Crippen LogP contribution in [0.5, 0.6) is 0 Å². The molecule has 1 aliphatic heterocycles. The molecule has 0 bridgehead atoms. The van der Waals surface area contributed by atoms with Crippen molar-refractivity contribution >= 4 is 18.0 Å². The fourth-order valence-corrected chi connectivity index (χ4v) is 0.610. The minimum atomic E-state index is -0.361. The van der Waals surface area contributed by atoms with Crippen LogP contribution in [0.15, 0.2) is 9.98 Å². The molecule has 1 aliphatic rings. The molecule has 0 atom stereocenters. The van der Waals surface area contributed by atoms with Crippen molar-refractivity contribution in [2.75, 3.05) is 13.2 Å². The van der Waals surface area contributed by atoms with E-state index in [9.17, 15) is 4.79 Å². The summed E-state index contributed by atoms with van der Waals surface area (Å²) < 4.78 is 4.68. The lowest BCUT2D eigenvalue weighted by molar-refractivity contribution is -0.135. The van der Waals surface area contributed by atoms with Crippen molar-refractivity contribution in [3.8, 4) is 0 Å². The average molecular weight is 140 g/mol. The second kappa shape index (κ2) is 3.10. The highest BCUT2D eigenvalue weighted by molar-refractivity contribution is 6.39. The van der Waals surface area contributed by atoms with Crippen molar-refractivity contribution in [3.05, 3.63) is 0 Å². The normalized spacial score (nSPS) is 15.1. The molecule has 0 radical (unpaired) electrons. The van der Waals surface area contributed by atoms with E-state index in [1.807, 2.05) is 0 Å². The van der Waals surface area contributed by atoms with Gasteiger partial charge in [0.2, 0.25) is 0 Å². The molecule has 0 N–H and O–H groups in total. The standard InChI is InChI=1S/C6H8N2O2/c1-2-10-6(9)5-3-7-4-8-5/h4H,2-3H2,1H3. The van der Waals surface area contributed by atoms with Crippen molar-refractivity contribution < 1.29 is 9.53 Å². The van der Waals surface area contributed by atoms with Gasteiger partial charge in [0.15, 0.2) is 0 Å². The van der Waals surface area contributed by atoms with Crippen LogP contribution in [0.3, 0.4) is 0 Å². The van der Waals surface area contributed by atoms with Gasteiger partial charge < -0.3 is 4.74 Å². The Bertz CT molecular complexity index is 196. The first-order valence-electron chi connectivity index (χ1n) is 3.06. The predicted molar refractivity (Wildman–Crippen MR) is 37.4 cm³/mol. The Labute approximate surface area is 58.6 Å². The fourth-order valence-electron chi connectivity index (χ4n) is 0.610. The number of ether oxygens (including phenoxy) is 1. The summed E-state index contributed by atoms with van der Waals surface area (Å²) >= 11 is 0. The van der Waals surface area contributed by atoms with Gasteiger partial charge in [0.05, 0.1) is 13.2 Å². The van der Waals surface area contributed by atoms with Gasteiger partial charge >= 0.3 is 5.97 Å². The van der Waals surface area contributed by atoms with E-state index in [2.05, 4.69) is 14.7 Å². The van der Waals surface area contributed by atoms with Crippen molar-refractivity contribution in [1.82, 2.24) is 0 Å². The van der Waals surface area contributed by atoms with Crippen LogP contribution < -0.4 is 0 Å². The summed E-state index contributed by atoms with van der Waals surface area (Å²) in [6.45, 7) is 2.50. The summed E-state index contributed by atoms with van der Waals surface area (Å²) in [6, 6.07) is 0. The molecule has 0 saturated carbocycles. The Morgan fingerprint density at radius 3 is 3.20 bits per heavy atom. The largest absolute Gasteiger partial charge is 0.461 e. The molecule has 0 amide bonds. The fraction of sp³-hybridized carbons (Fsp3) is 0.500. The smallest absolute Gasteiger partial charge is 0.354 e. The molecule has 1 rings (SSSR count). The molecule has 10 heavy (non-hydrogen) atoms. The highest BCUT2D eigenvalue weighted by Crippen LogP contribution is 1.91. The van der Waals surface area contributed by atoms with Crippen LogP contribution in [0.4, 0.5) is 0 Å². The Balaban J connectivity index is 2.43. The molecule has 0 fully saturated rings. The molecule has 0 aromatic heterocycles. The SMILES string of the molecule is CCOC(=O)C1=NC=NC1. The summed E-state index contributed by atoms with van der Waals surface area (Å²) in [5.74, 6) is -0.361. The maximum atomic E-state index is 10.8. The lowest BCUT2D eigenvalue weighted by Gasteiger charge is -1.97. The van der Waals surface area contributed by atoms with Gasteiger partial charge in [-0.1, -0.05) is 0 Å². The maximum absolute atomic E-state index is 10.8. The van der Waals surface area contributed by atoms with Gasteiger partial charge in [-0.3, -0.25) is 4.99 Å². The number of nitrogens with zero attached hydrogens (tertiary/aromatic N) is 2. The minimum absolute atomic E-state index is 0.360. The van der Waals surface area contributed by atoms with Gasteiger partial charge in [0.1, 0.15) is 12.1 Å². The average Bonchev–Trinajstić information content (AvgIpc) is 2.38. The third kappa shape index (κ3) is 1.40. The summed E-state index contributed by atoms with van der Waals surface area (Å²) in [4.78, 5) is 18.3. The molecule has 0 aliphatic carbocycles. The van der Waals surface area contributed by atoms with Gasteiger partial charge in [-0.15, -0.1) is 0 Å². The molecule has 1 heterocycles. The summed E-state index contributed by atoms with van der Waals surface area (Å²) in [5.41, 5.74) is 0.391. The molecule has 0 unspecified atom stereocenters. The first-order valence-corrected chi connectivity index (χ1v) is 3.06. The number of hydrogen-bond donors (Lipinski definition) is 0. The number of hydrogen-bond acceptors (Lipinski definition) is 4. The van der Waals surface area contributed by atoms with Crippen LogP contribution in [-0.4, -0.2) is 31.2 Å². The molecule has 0 spiro atoms. The molecular weight excluding hydrogens is 132 g/mol. The van der Waals surface area contributed by atoms with E-state index in [1.54, 1.807) is 6.92 Å². The van der Waals surface area contributed by atoms with Crippen molar-refractivity contribution in [2.45, 2.75) is 6.92 Å². The molecule has 0 aromatic rings. The Hall–Kier alpha value is -1.19. The lowest BCUT2D eigenvalue weighted by atomic mass is 10.4. The van der Waals surface area contributed by atoms with Gasteiger partial charge in [-0.2, -0.15) is 0 Å². The first kappa shape index (κ1) is 6.92. The number of carbonyl (C=O) groups is 1. The Morgan fingerprint density at radius 1 is 1.90 bits per heavy atom. The third-order valence-corrected chi connectivity index (χ3v) is 1.05. The summed E-state index contributed by atoms with van der Waals surface area (Å²) in [5, 5.41) is 0. The van der Waals surface area contributed by atoms with Crippen LogP contribution in [0.25, 0.3) is 0 Å². The van der Waals surface area contributed by atoms with Crippen LogP contribution in [-0.2, 0) is 9.53 Å². The highest BCUT2D eigenvalue weighted by atomic mass is 16.5. The summed E-state index contributed by atoms with van der Waals surface area (Å²) in [6.07, 6.45) is 1.37. The molecule has 54 valence electrons. The molecular formula is C6H8N2O2. The van der Waals surface area contributed by atoms with Crippen molar-refractivity contribution in [2.24, 2.45) is 9.98 Å². The van der Waals surface area contributed by atoms with E-state index >= 15 is 0 Å². The zero-order valence-corrected chi connectivity index (χ0v) is 5.70. The second-order valence-electron chi connectivity index (χ2n) is 1.75. The summed E-state index contributed by atoms with van der Waals surface area (Å²) in [7, 11) is 0. The van der Waals surface area contributed by atoms with Crippen molar-refractivity contribution in [1.29, 1.82) is 0 Å². The van der Waals surface area contributed by atoms with E-state index in [0.717, 1.165) is 0 Å². The first-order chi connectivity index (χ1) is 4.84. The van der Waals surface area contributed by atoms with Gasteiger partial charge in [-0.25, -0.2) is 9.79 Å². The van der Waals surface area contributed by atoms with Gasteiger partial charge in [-0.05, 0) is 6.92 Å². The van der Waals surface area contributed by atoms with E-state index in [4.69, 9.17) is 0 Å². The van der Waals surface area contributed by atoms with Crippen LogP contribution >= 0.6 is 0 Å². The minimum Gasteiger partial charge on any atom is -0.461 e. The zero-order valence-electron chi connectivity index (χ0n) is 5.70. The highest BCUT2D eigenvalue weighted by Gasteiger charge is 2.13. The number of esters is 1. The molecule has 0 aromatic carbocycles. The number of carbonyl (C=O) groups excluding carboxylic acids is 1. The van der Waals surface area contributed by atoms with E-state index in [-0.39, 0.29) is 5.97 Å².